The predicted molar refractivity (Wildman–Crippen MR) is 76.0 cm³/mol. The average Bonchev–Trinajstić information content (AvgIpc) is 2.89. The minimum Gasteiger partial charge on any atom is -0.497 e. The van der Waals surface area contributed by atoms with E-state index in [1.165, 1.54) is 5.56 Å². The van der Waals surface area contributed by atoms with Crippen LogP contribution >= 0.6 is 0 Å². The monoisotopic (exact) mass is 273 g/mol. The molecular formula is C15H19N3O2. The molecule has 1 aromatic heterocycles. The molecule has 1 atom stereocenters. The van der Waals surface area contributed by atoms with Gasteiger partial charge in [0.05, 0.1) is 19.9 Å². The van der Waals surface area contributed by atoms with Gasteiger partial charge >= 0.3 is 0 Å². The van der Waals surface area contributed by atoms with Gasteiger partial charge in [0.15, 0.2) is 0 Å². The van der Waals surface area contributed by atoms with Gasteiger partial charge < -0.3 is 14.8 Å². The van der Waals surface area contributed by atoms with Crippen molar-refractivity contribution in [1.29, 1.82) is 0 Å². The van der Waals surface area contributed by atoms with Gasteiger partial charge in [-0.05, 0) is 25.1 Å². The van der Waals surface area contributed by atoms with E-state index in [1.807, 2.05) is 31.3 Å². The molecule has 0 spiro atoms. The molecule has 2 aromatic rings. The number of aryl methyl sites for hydroxylation is 1. The van der Waals surface area contributed by atoms with Crippen molar-refractivity contribution in [1.82, 2.24) is 15.5 Å². The molecule has 0 saturated heterocycles. The molecule has 106 valence electrons. The summed E-state index contributed by atoms with van der Waals surface area (Å²) in [6, 6.07) is 6.24. The Balaban J connectivity index is 1.77. The summed E-state index contributed by atoms with van der Waals surface area (Å²) in [7, 11) is 1.68. The Morgan fingerprint density at radius 3 is 3.15 bits per heavy atom. The quantitative estimate of drug-likeness (QED) is 0.897. The van der Waals surface area contributed by atoms with E-state index in [2.05, 4.69) is 15.5 Å². The van der Waals surface area contributed by atoms with Gasteiger partial charge in [0.25, 0.3) is 0 Å². The van der Waals surface area contributed by atoms with Crippen LogP contribution in [0.4, 0.5) is 0 Å². The molecule has 1 aromatic carbocycles. The summed E-state index contributed by atoms with van der Waals surface area (Å²) in [6.45, 7) is 3.57. The van der Waals surface area contributed by atoms with E-state index in [1.54, 1.807) is 7.11 Å². The van der Waals surface area contributed by atoms with E-state index in [0.29, 0.717) is 0 Å². The topological polar surface area (TPSA) is 59.2 Å². The smallest absolute Gasteiger partial charge is 0.124 e. The molecule has 2 N–H and O–H groups in total. The number of aromatic amines is 1. The number of hydrogen-bond acceptors (Lipinski definition) is 4. The lowest BCUT2D eigenvalue weighted by Crippen LogP contribution is -2.26. The van der Waals surface area contributed by atoms with Crippen LogP contribution in [0.15, 0.2) is 24.4 Å². The third-order valence-electron chi connectivity index (χ3n) is 3.73. The summed E-state index contributed by atoms with van der Waals surface area (Å²) < 4.78 is 11.0. The van der Waals surface area contributed by atoms with Gasteiger partial charge in [-0.15, -0.1) is 0 Å². The highest BCUT2D eigenvalue weighted by Gasteiger charge is 2.22. The second-order valence-electron chi connectivity index (χ2n) is 4.99. The number of aromatic nitrogens is 2. The number of nitrogens with one attached hydrogen (secondary N) is 2. The van der Waals surface area contributed by atoms with Crippen molar-refractivity contribution >= 4 is 0 Å². The Kier molecular flexibility index (Phi) is 3.60. The second kappa shape index (κ2) is 5.54. The lowest BCUT2D eigenvalue weighted by atomic mass is 10.00. The maximum atomic E-state index is 5.70. The summed E-state index contributed by atoms with van der Waals surface area (Å²) in [4.78, 5) is 0. The number of nitrogens with zero attached hydrogens (tertiary/aromatic N) is 1. The van der Waals surface area contributed by atoms with Crippen molar-refractivity contribution in [2.45, 2.75) is 25.9 Å². The van der Waals surface area contributed by atoms with Gasteiger partial charge in [-0.2, -0.15) is 5.10 Å². The Morgan fingerprint density at radius 2 is 2.40 bits per heavy atom. The maximum Gasteiger partial charge on any atom is 0.124 e. The molecule has 3 rings (SSSR count). The highest BCUT2D eigenvalue weighted by molar-refractivity contribution is 5.43. The van der Waals surface area contributed by atoms with Crippen LogP contribution in [-0.2, 0) is 6.54 Å². The molecular weight excluding hydrogens is 254 g/mol. The van der Waals surface area contributed by atoms with Crippen LogP contribution in [0, 0.1) is 6.92 Å². The van der Waals surface area contributed by atoms with E-state index >= 15 is 0 Å². The fourth-order valence-electron chi connectivity index (χ4n) is 2.50. The van der Waals surface area contributed by atoms with Gasteiger partial charge in [-0.1, -0.05) is 0 Å². The normalized spacial score (nSPS) is 17.4. The summed E-state index contributed by atoms with van der Waals surface area (Å²) in [5.74, 6) is 1.80. The van der Waals surface area contributed by atoms with E-state index in [-0.39, 0.29) is 6.04 Å². The third-order valence-corrected chi connectivity index (χ3v) is 3.73. The van der Waals surface area contributed by atoms with Crippen molar-refractivity contribution in [3.05, 3.63) is 41.2 Å². The van der Waals surface area contributed by atoms with Crippen molar-refractivity contribution in [3.8, 4) is 11.5 Å². The average molecular weight is 273 g/mol. The fourth-order valence-corrected chi connectivity index (χ4v) is 2.50. The number of fused-ring (bicyclic) bond motifs is 1. The van der Waals surface area contributed by atoms with Gasteiger partial charge in [-0.3, -0.25) is 5.10 Å². The maximum absolute atomic E-state index is 5.70. The zero-order chi connectivity index (χ0) is 13.9. The second-order valence-corrected chi connectivity index (χ2v) is 4.99. The molecule has 0 aliphatic carbocycles. The summed E-state index contributed by atoms with van der Waals surface area (Å²) in [5, 5.41) is 10.6. The zero-order valence-electron chi connectivity index (χ0n) is 11.8. The summed E-state index contributed by atoms with van der Waals surface area (Å²) in [6.07, 6.45) is 2.82. The molecule has 0 radical (unpaired) electrons. The largest absolute Gasteiger partial charge is 0.497 e. The van der Waals surface area contributed by atoms with E-state index in [0.717, 1.165) is 42.3 Å². The molecule has 2 heterocycles. The van der Waals surface area contributed by atoms with Crippen molar-refractivity contribution in [2.75, 3.05) is 13.7 Å². The van der Waals surface area contributed by atoms with Crippen LogP contribution in [0.3, 0.4) is 0 Å². The third kappa shape index (κ3) is 2.49. The lowest BCUT2D eigenvalue weighted by molar-refractivity contribution is 0.251. The van der Waals surface area contributed by atoms with Crippen molar-refractivity contribution < 1.29 is 9.47 Å². The number of H-pyrrole nitrogens is 1. The molecule has 5 nitrogen and oxygen atoms in total. The molecule has 1 aliphatic rings. The van der Waals surface area contributed by atoms with Crippen molar-refractivity contribution in [3.63, 3.8) is 0 Å². The zero-order valence-corrected chi connectivity index (χ0v) is 11.8. The minimum atomic E-state index is 0.281. The summed E-state index contributed by atoms with van der Waals surface area (Å²) in [5.41, 5.74) is 3.47. The van der Waals surface area contributed by atoms with E-state index in [9.17, 15) is 0 Å². The van der Waals surface area contributed by atoms with Gasteiger partial charge in [0.1, 0.15) is 11.5 Å². The first-order valence-corrected chi connectivity index (χ1v) is 6.81. The minimum absolute atomic E-state index is 0.281. The Morgan fingerprint density at radius 1 is 1.50 bits per heavy atom. The molecule has 0 bridgehead atoms. The van der Waals surface area contributed by atoms with E-state index in [4.69, 9.17) is 9.47 Å². The van der Waals surface area contributed by atoms with Crippen LogP contribution in [-0.4, -0.2) is 23.9 Å². The summed E-state index contributed by atoms with van der Waals surface area (Å²) >= 11 is 0. The number of hydrogen-bond donors (Lipinski definition) is 2. The van der Waals surface area contributed by atoms with Gasteiger partial charge in [0.2, 0.25) is 0 Å². The Bertz CT molecular complexity index is 595. The first-order chi connectivity index (χ1) is 9.78. The van der Waals surface area contributed by atoms with Crippen LogP contribution in [0.5, 0.6) is 11.5 Å². The first-order valence-electron chi connectivity index (χ1n) is 6.81. The molecule has 0 saturated carbocycles. The predicted octanol–water partition coefficient (Wildman–Crippen LogP) is 2.34. The van der Waals surface area contributed by atoms with Crippen LogP contribution in [0.2, 0.25) is 0 Å². The molecule has 0 fully saturated rings. The lowest BCUT2D eigenvalue weighted by Gasteiger charge is -2.27. The van der Waals surface area contributed by atoms with Crippen LogP contribution in [0.25, 0.3) is 0 Å². The van der Waals surface area contributed by atoms with Gasteiger partial charge in [-0.25, -0.2) is 0 Å². The molecule has 1 unspecified atom stereocenters. The molecule has 5 heteroatoms. The van der Waals surface area contributed by atoms with Crippen LogP contribution in [0.1, 0.15) is 29.3 Å². The SMILES string of the molecule is COc1ccc2c(c1)C(NCc1cn[nH]c1C)CCO2. The highest BCUT2D eigenvalue weighted by atomic mass is 16.5. The first kappa shape index (κ1) is 13.0. The standard InChI is InChI=1S/C15H19N3O2/c1-10-11(9-17-18-10)8-16-14-5-6-20-15-4-3-12(19-2)7-13(14)15/h3-4,7,9,14,16H,5-6,8H2,1-2H3,(H,17,18). The van der Waals surface area contributed by atoms with Crippen molar-refractivity contribution in [2.24, 2.45) is 0 Å². The van der Waals surface area contributed by atoms with Crippen LogP contribution < -0.4 is 14.8 Å². The molecule has 1 aliphatic heterocycles. The van der Waals surface area contributed by atoms with Gasteiger partial charge in [0, 0.05) is 35.8 Å². The molecule has 20 heavy (non-hydrogen) atoms. The number of methoxy groups -OCH3 is 1. The number of ether oxygens (including phenoxy) is 2. The Hall–Kier alpha value is -2.01. The number of benzene rings is 1. The molecule has 0 amide bonds. The fraction of sp³-hybridized carbons (Fsp3) is 0.400. The van der Waals surface area contributed by atoms with E-state index < -0.39 is 0 Å². The Labute approximate surface area is 118 Å². The number of rotatable bonds is 4. The highest BCUT2D eigenvalue weighted by Crippen LogP contribution is 2.34.